The van der Waals surface area contributed by atoms with Crippen molar-refractivity contribution in [3.05, 3.63) is 41.9 Å². The van der Waals surface area contributed by atoms with Gasteiger partial charge < -0.3 is 20.2 Å². The number of rotatable bonds is 6. The molecule has 0 saturated heterocycles. The van der Waals surface area contributed by atoms with Gasteiger partial charge in [0.2, 0.25) is 5.89 Å². The topological polar surface area (TPSA) is 87.4 Å². The van der Waals surface area contributed by atoms with Crippen molar-refractivity contribution in [2.75, 3.05) is 6.61 Å². The molecule has 3 N–H and O–H groups in total. The van der Waals surface area contributed by atoms with Gasteiger partial charge in [0.15, 0.2) is 5.76 Å². The Morgan fingerprint density at radius 3 is 2.73 bits per heavy atom. The summed E-state index contributed by atoms with van der Waals surface area (Å²) in [6.45, 7) is 4.03. The average Bonchev–Trinajstić information content (AvgIpc) is 3.00. The van der Waals surface area contributed by atoms with Crippen LogP contribution in [0.5, 0.6) is 0 Å². The highest BCUT2D eigenvalue weighted by Crippen LogP contribution is 2.20. The Morgan fingerprint density at radius 1 is 1.36 bits per heavy atom. The molecule has 1 atom stereocenters. The molecule has 0 saturated carbocycles. The Bertz CT molecular complexity index is 603. The number of aliphatic hydroxyl groups is 1. The first-order valence-corrected chi connectivity index (χ1v) is 7.29. The van der Waals surface area contributed by atoms with E-state index in [2.05, 4.69) is 15.6 Å². The summed E-state index contributed by atoms with van der Waals surface area (Å²) in [7, 11) is 0. The summed E-state index contributed by atoms with van der Waals surface area (Å²) in [5.41, 5.74) is 2.12. The summed E-state index contributed by atoms with van der Waals surface area (Å²) in [4.78, 5) is 15.8. The molecule has 2 rings (SSSR count). The predicted molar refractivity (Wildman–Crippen MR) is 83.2 cm³/mol. The fraction of sp³-hybridized carbons (Fsp3) is 0.375. The number of nitrogens with zero attached hydrogens (tertiary/aromatic N) is 1. The van der Waals surface area contributed by atoms with Gasteiger partial charge >= 0.3 is 6.03 Å². The molecule has 0 aliphatic rings. The van der Waals surface area contributed by atoms with Crippen LogP contribution in [0.3, 0.4) is 0 Å². The maximum atomic E-state index is 11.7. The van der Waals surface area contributed by atoms with Gasteiger partial charge in [-0.2, -0.15) is 0 Å². The van der Waals surface area contributed by atoms with Crippen LogP contribution in [0.4, 0.5) is 4.79 Å². The zero-order chi connectivity index (χ0) is 15.9. The fourth-order valence-corrected chi connectivity index (χ4v) is 1.91. The van der Waals surface area contributed by atoms with Crippen LogP contribution in [0.15, 0.2) is 34.9 Å². The van der Waals surface area contributed by atoms with E-state index in [1.807, 2.05) is 38.1 Å². The van der Waals surface area contributed by atoms with Crippen LogP contribution in [0.1, 0.15) is 24.8 Å². The van der Waals surface area contributed by atoms with E-state index in [-0.39, 0.29) is 25.2 Å². The third kappa shape index (κ3) is 4.33. The van der Waals surface area contributed by atoms with E-state index in [1.165, 1.54) is 5.56 Å². The van der Waals surface area contributed by atoms with Gasteiger partial charge in [0.05, 0.1) is 25.4 Å². The van der Waals surface area contributed by atoms with Crippen LogP contribution in [-0.4, -0.2) is 28.8 Å². The first kappa shape index (κ1) is 16.0. The smallest absolute Gasteiger partial charge is 0.315 e. The molecular formula is C16H21N3O3. The molecule has 0 bridgehead atoms. The van der Waals surface area contributed by atoms with Gasteiger partial charge in [-0.25, -0.2) is 9.78 Å². The minimum Gasteiger partial charge on any atom is -0.439 e. The van der Waals surface area contributed by atoms with E-state index in [4.69, 9.17) is 9.52 Å². The van der Waals surface area contributed by atoms with Crippen molar-refractivity contribution in [2.45, 2.75) is 32.9 Å². The summed E-state index contributed by atoms with van der Waals surface area (Å²) >= 11 is 0. The third-order valence-corrected chi connectivity index (χ3v) is 3.34. The lowest BCUT2D eigenvalue weighted by molar-refractivity contribution is 0.213. The molecule has 22 heavy (non-hydrogen) atoms. The Balaban J connectivity index is 1.89. The number of amides is 2. The van der Waals surface area contributed by atoms with E-state index in [9.17, 15) is 4.79 Å². The molecule has 0 spiro atoms. The molecule has 2 amide bonds. The molecule has 0 aliphatic heterocycles. The molecule has 1 aromatic heterocycles. The Hall–Kier alpha value is -2.34. The van der Waals surface area contributed by atoms with Gasteiger partial charge in [-0.05, 0) is 13.3 Å². The second-order valence-electron chi connectivity index (χ2n) is 5.10. The van der Waals surface area contributed by atoms with Gasteiger partial charge in [-0.3, -0.25) is 0 Å². The monoisotopic (exact) mass is 303 g/mol. The standard InChI is InChI=1S/C16H21N3O3/c1-3-13(10-20)19-16(21)18-9-15-17-8-14(22-15)12-6-4-11(2)5-7-12/h4-8,13,20H,3,9-10H2,1-2H3,(H2,18,19,21)/t13-/m0/s1. The second-order valence-corrected chi connectivity index (χ2v) is 5.10. The number of oxazole rings is 1. The van der Waals surface area contributed by atoms with Gasteiger partial charge in [-0.15, -0.1) is 0 Å². The Morgan fingerprint density at radius 2 is 2.09 bits per heavy atom. The van der Waals surface area contributed by atoms with Crippen molar-refractivity contribution >= 4 is 6.03 Å². The number of aliphatic hydroxyl groups excluding tert-OH is 1. The molecule has 6 heteroatoms. The van der Waals surface area contributed by atoms with Crippen molar-refractivity contribution in [2.24, 2.45) is 0 Å². The Labute approximate surface area is 129 Å². The van der Waals surface area contributed by atoms with Crippen LogP contribution in [0.2, 0.25) is 0 Å². The molecule has 0 unspecified atom stereocenters. The highest BCUT2D eigenvalue weighted by Gasteiger charge is 2.10. The van der Waals surface area contributed by atoms with Crippen molar-refractivity contribution < 1.29 is 14.3 Å². The van der Waals surface area contributed by atoms with Crippen LogP contribution in [0.25, 0.3) is 11.3 Å². The summed E-state index contributed by atoms with van der Waals surface area (Å²) < 4.78 is 5.61. The number of carbonyl (C=O) groups is 1. The maximum Gasteiger partial charge on any atom is 0.315 e. The number of hydrogen-bond donors (Lipinski definition) is 3. The first-order chi connectivity index (χ1) is 10.6. The van der Waals surface area contributed by atoms with Crippen molar-refractivity contribution in [1.82, 2.24) is 15.6 Å². The molecule has 0 fully saturated rings. The molecule has 0 radical (unpaired) electrons. The molecule has 1 aromatic carbocycles. The molecule has 1 heterocycles. The molecule has 0 aliphatic carbocycles. The average molecular weight is 303 g/mol. The van der Waals surface area contributed by atoms with Crippen LogP contribution >= 0.6 is 0 Å². The fourth-order valence-electron chi connectivity index (χ4n) is 1.91. The van der Waals surface area contributed by atoms with Crippen LogP contribution in [0, 0.1) is 6.92 Å². The molecular weight excluding hydrogens is 282 g/mol. The summed E-state index contributed by atoms with van der Waals surface area (Å²) in [6.07, 6.45) is 2.31. The van der Waals surface area contributed by atoms with Gasteiger partial charge in [0.25, 0.3) is 0 Å². The largest absolute Gasteiger partial charge is 0.439 e. The summed E-state index contributed by atoms with van der Waals surface area (Å²) in [6, 6.07) is 7.34. The number of hydrogen-bond acceptors (Lipinski definition) is 4. The maximum absolute atomic E-state index is 11.7. The summed E-state index contributed by atoms with van der Waals surface area (Å²) in [5, 5.41) is 14.4. The molecule has 2 aromatic rings. The van der Waals surface area contributed by atoms with Crippen molar-refractivity contribution in [3.8, 4) is 11.3 Å². The van der Waals surface area contributed by atoms with E-state index in [0.29, 0.717) is 18.1 Å². The van der Waals surface area contributed by atoms with E-state index < -0.39 is 0 Å². The van der Waals surface area contributed by atoms with Crippen LogP contribution < -0.4 is 10.6 Å². The van der Waals surface area contributed by atoms with Gasteiger partial charge in [-0.1, -0.05) is 36.8 Å². The van der Waals surface area contributed by atoms with Crippen molar-refractivity contribution in [3.63, 3.8) is 0 Å². The summed E-state index contributed by atoms with van der Waals surface area (Å²) in [5.74, 6) is 1.10. The third-order valence-electron chi connectivity index (χ3n) is 3.34. The zero-order valence-corrected chi connectivity index (χ0v) is 12.8. The van der Waals surface area contributed by atoms with E-state index >= 15 is 0 Å². The number of carbonyl (C=O) groups excluding carboxylic acids is 1. The molecule has 6 nitrogen and oxygen atoms in total. The number of aryl methyl sites for hydroxylation is 1. The minimum atomic E-state index is -0.351. The lowest BCUT2D eigenvalue weighted by Gasteiger charge is -2.13. The number of nitrogens with one attached hydrogen (secondary N) is 2. The highest BCUT2D eigenvalue weighted by atomic mass is 16.4. The minimum absolute atomic E-state index is 0.0828. The lowest BCUT2D eigenvalue weighted by atomic mass is 10.1. The van der Waals surface area contributed by atoms with Crippen molar-refractivity contribution in [1.29, 1.82) is 0 Å². The first-order valence-electron chi connectivity index (χ1n) is 7.29. The SMILES string of the molecule is CC[C@@H](CO)NC(=O)NCc1ncc(-c2ccc(C)cc2)o1. The Kier molecular flexibility index (Phi) is 5.55. The second kappa shape index (κ2) is 7.61. The quantitative estimate of drug-likeness (QED) is 0.763. The van der Waals surface area contributed by atoms with E-state index in [1.54, 1.807) is 6.20 Å². The van der Waals surface area contributed by atoms with Gasteiger partial charge in [0.1, 0.15) is 0 Å². The highest BCUT2D eigenvalue weighted by molar-refractivity contribution is 5.74. The van der Waals surface area contributed by atoms with Gasteiger partial charge in [0, 0.05) is 5.56 Å². The number of urea groups is 1. The zero-order valence-electron chi connectivity index (χ0n) is 12.8. The predicted octanol–water partition coefficient (Wildman–Crippen LogP) is 2.22. The molecule has 118 valence electrons. The number of benzene rings is 1. The number of aromatic nitrogens is 1. The normalized spacial score (nSPS) is 12.0. The van der Waals surface area contributed by atoms with Crippen LogP contribution in [-0.2, 0) is 6.54 Å². The lowest BCUT2D eigenvalue weighted by Crippen LogP contribution is -2.43. The van der Waals surface area contributed by atoms with E-state index in [0.717, 1.165) is 5.56 Å².